The van der Waals surface area contributed by atoms with Gasteiger partial charge in [-0.15, -0.1) is 0 Å². The van der Waals surface area contributed by atoms with Gasteiger partial charge in [0.2, 0.25) is 5.91 Å². The Balaban J connectivity index is 1.76. The molecule has 0 atom stereocenters. The Labute approximate surface area is 148 Å². The summed E-state index contributed by atoms with van der Waals surface area (Å²) in [6.45, 7) is 5.17. The van der Waals surface area contributed by atoms with E-state index >= 15 is 0 Å². The maximum absolute atomic E-state index is 12.4. The van der Waals surface area contributed by atoms with Crippen molar-refractivity contribution in [1.29, 1.82) is 0 Å². The highest BCUT2D eigenvalue weighted by Crippen LogP contribution is 2.03. The highest BCUT2D eigenvalue weighted by atomic mass is 16.2. The van der Waals surface area contributed by atoms with E-state index in [0.717, 1.165) is 12.1 Å². The fraction of sp³-hybridized carbons (Fsp3) is 0.368. The summed E-state index contributed by atoms with van der Waals surface area (Å²) in [5.41, 5.74) is 2.25. The fourth-order valence-electron chi connectivity index (χ4n) is 2.38. The molecule has 0 aliphatic rings. The van der Waals surface area contributed by atoms with E-state index in [2.05, 4.69) is 15.3 Å². The molecule has 25 heavy (non-hydrogen) atoms. The monoisotopic (exact) mass is 340 g/mol. The van der Waals surface area contributed by atoms with Crippen molar-refractivity contribution in [2.24, 2.45) is 0 Å². The Morgan fingerprint density at radius 2 is 1.88 bits per heavy atom. The first-order chi connectivity index (χ1) is 12.1. The van der Waals surface area contributed by atoms with Crippen LogP contribution in [0.5, 0.6) is 0 Å². The third kappa shape index (κ3) is 5.99. The van der Waals surface area contributed by atoms with Crippen LogP contribution in [0.3, 0.4) is 0 Å². The lowest BCUT2D eigenvalue weighted by atomic mass is 10.1. The number of nitrogens with one attached hydrogen (secondary N) is 1. The van der Waals surface area contributed by atoms with Crippen LogP contribution in [0.15, 0.2) is 42.7 Å². The second-order valence-electron chi connectivity index (χ2n) is 5.76. The number of carbonyl (C=O) groups is 2. The lowest BCUT2D eigenvalue weighted by molar-refractivity contribution is -0.121. The molecule has 2 aromatic rings. The molecule has 0 spiro atoms. The van der Waals surface area contributed by atoms with Crippen LogP contribution in [-0.4, -0.2) is 46.3 Å². The second kappa shape index (κ2) is 9.52. The summed E-state index contributed by atoms with van der Waals surface area (Å²) >= 11 is 0. The fourth-order valence-corrected chi connectivity index (χ4v) is 2.38. The SMILES string of the molecule is CCN(CCC(=O)NCCc1ccccc1)C(=O)c1cnc(C)cn1. The lowest BCUT2D eigenvalue weighted by Gasteiger charge is -2.20. The van der Waals surface area contributed by atoms with Gasteiger partial charge in [0, 0.05) is 32.3 Å². The zero-order valence-electron chi connectivity index (χ0n) is 14.7. The number of rotatable bonds is 8. The van der Waals surface area contributed by atoms with Crippen molar-refractivity contribution in [3.63, 3.8) is 0 Å². The molecule has 1 heterocycles. The standard InChI is InChI=1S/C19H24N4O2/c1-3-23(19(25)17-14-21-15(2)13-22-17)12-10-18(24)20-11-9-16-7-5-4-6-8-16/h4-8,13-14H,3,9-12H2,1-2H3,(H,20,24). The van der Waals surface area contributed by atoms with Crippen LogP contribution < -0.4 is 5.32 Å². The van der Waals surface area contributed by atoms with Crippen molar-refractivity contribution in [2.45, 2.75) is 26.7 Å². The molecule has 0 aliphatic heterocycles. The molecular weight excluding hydrogens is 316 g/mol. The van der Waals surface area contributed by atoms with Crippen molar-refractivity contribution in [3.8, 4) is 0 Å². The summed E-state index contributed by atoms with van der Waals surface area (Å²) in [5, 5.41) is 2.89. The average molecular weight is 340 g/mol. The number of amides is 2. The van der Waals surface area contributed by atoms with Gasteiger partial charge in [-0.25, -0.2) is 4.98 Å². The predicted molar refractivity (Wildman–Crippen MR) is 96.1 cm³/mol. The molecule has 0 bridgehead atoms. The van der Waals surface area contributed by atoms with Gasteiger partial charge in [-0.3, -0.25) is 14.6 Å². The number of benzene rings is 1. The van der Waals surface area contributed by atoms with Gasteiger partial charge in [0.15, 0.2) is 0 Å². The van der Waals surface area contributed by atoms with Gasteiger partial charge in [0.1, 0.15) is 5.69 Å². The van der Waals surface area contributed by atoms with Crippen LogP contribution in [0.25, 0.3) is 0 Å². The maximum Gasteiger partial charge on any atom is 0.274 e. The normalized spacial score (nSPS) is 10.3. The van der Waals surface area contributed by atoms with E-state index in [9.17, 15) is 9.59 Å². The second-order valence-corrected chi connectivity index (χ2v) is 5.76. The van der Waals surface area contributed by atoms with Crippen LogP contribution in [0.4, 0.5) is 0 Å². The molecule has 0 saturated heterocycles. The van der Waals surface area contributed by atoms with Gasteiger partial charge >= 0.3 is 0 Å². The number of hydrogen-bond donors (Lipinski definition) is 1. The lowest BCUT2D eigenvalue weighted by Crippen LogP contribution is -2.36. The summed E-state index contributed by atoms with van der Waals surface area (Å²) in [7, 11) is 0. The molecule has 6 nitrogen and oxygen atoms in total. The highest BCUT2D eigenvalue weighted by Gasteiger charge is 2.16. The number of nitrogens with zero attached hydrogens (tertiary/aromatic N) is 3. The van der Waals surface area contributed by atoms with E-state index < -0.39 is 0 Å². The largest absolute Gasteiger partial charge is 0.356 e. The summed E-state index contributed by atoms with van der Waals surface area (Å²) in [5.74, 6) is -0.260. The van der Waals surface area contributed by atoms with Crippen LogP contribution in [0.2, 0.25) is 0 Å². The van der Waals surface area contributed by atoms with E-state index in [1.165, 1.54) is 11.8 Å². The van der Waals surface area contributed by atoms with Crippen molar-refractivity contribution >= 4 is 11.8 Å². The van der Waals surface area contributed by atoms with Crippen molar-refractivity contribution < 1.29 is 9.59 Å². The van der Waals surface area contributed by atoms with Gasteiger partial charge in [0.25, 0.3) is 5.91 Å². The van der Waals surface area contributed by atoms with E-state index in [0.29, 0.717) is 25.3 Å². The molecule has 1 aromatic carbocycles. The topological polar surface area (TPSA) is 75.2 Å². The van der Waals surface area contributed by atoms with Crippen LogP contribution in [0, 0.1) is 6.92 Å². The summed E-state index contributed by atoms with van der Waals surface area (Å²) in [4.78, 5) is 34.2. The van der Waals surface area contributed by atoms with Crippen molar-refractivity contribution in [2.75, 3.05) is 19.6 Å². The Bertz CT molecular complexity index is 686. The minimum atomic E-state index is -0.202. The minimum Gasteiger partial charge on any atom is -0.356 e. The summed E-state index contributed by atoms with van der Waals surface area (Å²) in [6, 6.07) is 10.0. The maximum atomic E-state index is 12.4. The smallest absolute Gasteiger partial charge is 0.274 e. The van der Waals surface area contributed by atoms with Crippen molar-refractivity contribution in [1.82, 2.24) is 20.2 Å². The molecular formula is C19H24N4O2. The molecule has 1 N–H and O–H groups in total. The number of carbonyl (C=O) groups excluding carboxylic acids is 2. The Morgan fingerprint density at radius 1 is 1.12 bits per heavy atom. The molecule has 2 amide bonds. The quantitative estimate of drug-likeness (QED) is 0.797. The van der Waals surface area contributed by atoms with Gasteiger partial charge in [-0.2, -0.15) is 0 Å². The summed E-state index contributed by atoms with van der Waals surface area (Å²) in [6.07, 6.45) is 4.10. The first-order valence-electron chi connectivity index (χ1n) is 8.48. The van der Waals surface area contributed by atoms with E-state index in [4.69, 9.17) is 0 Å². The van der Waals surface area contributed by atoms with Crippen molar-refractivity contribution in [3.05, 3.63) is 59.7 Å². The van der Waals surface area contributed by atoms with Crippen LogP contribution in [-0.2, 0) is 11.2 Å². The third-order valence-corrected chi connectivity index (χ3v) is 3.86. The Hall–Kier alpha value is -2.76. The first-order valence-corrected chi connectivity index (χ1v) is 8.48. The predicted octanol–water partition coefficient (Wildman–Crippen LogP) is 2.00. The Morgan fingerprint density at radius 3 is 2.52 bits per heavy atom. The number of aryl methyl sites for hydroxylation is 1. The zero-order chi connectivity index (χ0) is 18.1. The van der Waals surface area contributed by atoms with Gasteiger partial charge in [-0.05, 0) is 25.8 Å². The Kier molecular flexibility index (Phi) is 7.07. The molecule has 0 unspecified atom stereocenters. The average Bonchev–Trinajstić information content (AvgIpc) is 2.63. The molecule has 6 heteroatoms. The third-order valence-electron chi connectivity index (χ3n) is 3.86. The molecule has 0 aliphatic carbocycles. The molecule has 0 saturated carbocycles. The molecule has 2 rings (SSSR count). The molecule has 1 aromatic heterocycles. The van der Waals surface area contributed by atoms with E-state index in [1.54, 1.807) is 11.1 Å². The van der Waals surface area contributed by atoms with E-state index in [-0.39, 0.29) is 18.2 Å². The molecule has 0 radical (unpaired) electrons. The highest BCUT2D eigenvalue weighted by molar-refractivity contribution is 5.92. The first kappa shape index (κ1) is 18.6. The number of hydrogen-bond acceptors (Lipinski definition) is 4. The van der Waals surface area contributed by atoms with Gasteiger partial charge in [0.05, 0.1) is 11.9 Å². The van der Waals surface area contributed by atoms with Crippen LogP contribution >= 0.6 is 0 Å². The van der Waals surface area contributed by atoms with Crippen LogP contribution in [0.1, 0.15) is 35.1 Å². The van der Waals surface area contributed by atoms with Gasteiger partial charge in [-0.1, -0.05) is 30.3 Å². The summed E-state index contributed by atoms with van der Waals surface area (Å²) < 4.78 is 0. The van der Waals surface area contributed by atoms with Gasteiger partial charge < -0.3 is 10.2 Å². The minimum absolute atomic E-state index is 0.0582. The zero-order valence-corrected chi connectivity index (χ0v) is 14.7. The van der Waals surface area contributed by atoms with E-state index in [1.807, 2.05) is 44.2 Å². The molecule has 132 valence electrons. The molecule has 0 fully saturated rings. The number of aromatic nitrogens is 2.